The Bertz CT molecular complexity index is 597. The standard InChI is InChI=1S/C16H20N2O/c1-11(2)8-18-9-14(10-19)16(17-18)15-7-12(3)5-6-13(15)4/h5-7,9-11H,8H2,1-4H3. The van der Waals surface area contributed by atoms with Gasteiger partial charge >= 0.3 is 0 Å². The van der Waals surface area contributed by atoms with Gasteiger partial charge in [-0.25, -0.2) is 0 Å². The van der Waals surface area contributed by atoms with E-state index in [1.54, 1.807) is 0 Å². The first-order valence-electron chi connectivity index (χ1n) is 6.61. The minimum Gasteiger partial charge on any atom is -0.298 e. The Morgan fingerprint density at radius 2 is 2.05 bits per heavy atom. The van der Waals surface area contributed by atoms with E-state index in [9.17, 15) is 4.79 Å². The van der Waals surface area contributed by atoms with Crippen molar-refractivity contribution in [2.75, 3.05) is 0 Å². The highest BCUT2D eigenvalue weighted by Crippen LogP contribution is 2.26. The molecular weight excluding hydrogens is 236 g/mol. The van der Waals surface area contributed by atoms with Crippen molar-refractivity contribution in [1.29, 1.82) is 0 Å². The molecule has 3 nitrogen and oxygen atoms in total. The predicted octanol–water partition coefficient (Wildman–Crippen LogP) is 3.64. The number of aldehydes is 1. The highest BCUT2D eigenvalue weighted by molar-refractivity contribution is 5.86. The molecule has 2 rings (SSSR count). The molecule has 1 aromatic heterocycles. The Hall–Kier alpha value is -1.90. The summed E-state index contributed by atoms with van der Waals surface area (Å²) in [6.07, 6.45) is 2.73. The second kappa shape index (κ2) is 5.39. The van der Waals surface area contributed by atoms with Gasteiger partial charge < -0.3 is 0 Å². The van der Waals surface area contributed by atoms with Crippen molar-refractivity contribution in [3.63, 3.8) is 0 Å². The molecule has 1 heterocycles. The third-order valence-corrected chi connectivity index (χ3v) is 3.12. The SMILES string of the molecule is Cc1ccc(C)c(-c2nn(CC(C)C)cc2C=O)c1. The van der Waals surface area contributed by atoms with E-state index in [0.29, 0.717) is 11.5 Å². The van der Waals surface area contributed by atoms with Crippen molar-refractivity contribution in [2.45, 2.75) is 34.2 Å². The first-order valence-corrected chi connectivity index (χ1v) is 6.61. The average Bonchev–Trinajstić information content (AvgIpc) is 2.74. The summed E-state index contributed by atoms with van der Waals surface area (Å²) in [6.45, 7) is 9.20. The summed E-state index contributed by atoms with van der Waals surface area (Å²) in [6, 6.07) is 6.23. The third-order valence-electron chi connectivity index (χ3n) is 3.12. The molecule has 0 N–H and O–H groups in total. The molecule has 3 heteroatoms. The summed E-state index contributed by atoms with van der Waals surface area (Å²) in [4.78, 5) is 11.2. The van der Waals surface area contributed by atoms with Gasteiger partial charge in [-0.15, -0.1) is 0 Å². The van der Waals surface area contributed by atoms with Crippen LogP contribution in [0.2, 0.25) is 0 Å². The summed E-state index contributed by atoms with van der Waals surface area (Å²) in [7, 11) is 0. The minimum absolute atomic E-state index is 0.505. The predicted molar refractivity (Wildman–Crippen MR) is 77.4 cm³/mol. The van der Waals surface area contributed by atoms with E-state index >= 15 is 0 Å². The molecule has 0 aliphatic carbocycles. The molecule has 0 fully saturated rings. The molecule has 0 atom stereocenters. The lowest BCUT2D eigenvalue weighted by Crippen LogP contribution is -2.04. The van der Waals surface area contributed by atoms with Gasteiger partial charge in [-0.3, -0.25) is 9.48 Å². The largest absolute Gasteiger partial charge is 0.298 e. The van der Waals surface area contributed by atoms with Crippen LogP contribution < -0.4 is 0 Å². The molecule has 0 aliphatic rings. The molecule has 1 aromatic carbocycles. The average molecular weight is 256 g/mol. The fourth-order valence-electron chi connectivity index (χ4n) is 2.19. The molecular formula is C16H20N2O. The van der Waals surface area contributed by atoms with Crippen LogP contribution in [0, 0.1) is 19.8 Å². The molecule has 0 amide bonds. The summed E-state index contributed by atoms with van der Waals surface area (Å²) in [5, 5.41) is 4.58. The lowest BCUT2D eigenvalue weighted by Gasteiger charge is -2.06. The second-order valence-corrected chi connectivity index (χ2v) is 5.49. The number of carbonyl (C=O) groups excluding carboxylic acids is 1. The molecule has 0 saturated carbocycles. The maximum absolute atomic E-state index is 11.2. The van der Waals surface area contributed by atoms with Crippen LogP contribution in [0.3, 0.4) is 0 Å². The maximum atomic E-state index is 11.2. The van der Waals surface area contributed by atoms with Crippen LogP contribution in [0.1, 0.15) is 35.3 Å². The molecule has 0 unspecified atom stereocenters. The molecule has 100 valence electrons. The van der Waals surface area contributed by atoms with E-state index in [2.05, 4.69) is 44.1 Å². The topological polar surface area (TPSA) is 34.9 Å². The minimum atomic E-state index is 0.505. The van der Waals surface area contributed by atoms with E-state index in [4.69, 9.17) is 0 Å². The van der Waals surface area contributed by atoms with Crippen LogP contribution in [0.25, 0.3) is 11.3 Å². The summed E-state index contributed by atoms with van der Waals surface area (Å²) in [5.74, 6) is 0.505. The van der Waals surface area contributed by atoms with Crippen LogP contribution in [0.15, 0.2) is 24.4 Å². The lowest BCUT2D eigenvalue weighted by molar-refractivity contribution is 0.112. The van der Waals surface area contributed by atoms with Crippen LogP contribution in [-0.2, 0) is 6.54 Å². The fraction of sp³-hybridized carbons (Fsp3) is 0.375. The highest BCUT2D eigenvalue weighted by Gasteiger charge is 2.13. The number of hydrogen-bond acceptors (Lipinski definition) is 2. The van der Waals surface area contributed by atoms with Crippen molar-refractivity contribution in [3.8, 4) is 11.3 Å². The van der Waals surface area contributed by atoms with Gasteiger partial charge in [0, 0.05) is 18.3 Å². The normalized spacial score (nSPS) is 11.0. The van der Waals surface area contributed by atoms with Crippen molar-refractivity contribution < 1.29 is 4.79 Å². The van der Waals surface area contributed by atoms with Gasteiger partial charge in [0.25, 0.3) is 0 Å². The van der Waals surface area contributed by atoms with E-state index in [1.165, 1.54) is 5.56 Å². The van der Waals surface area contributed by atoms with E-state index in [1.807, 2.05) is 17.8 Å². The molecule has 0 bridgehead atoms. The van der Waals surface area contributed by atoms with Gasteiger partial charge in [-0.05, 0) is 31.4 Å². The Morgan fingerprint density at radius 1 is 1.32 bits per heavy atom. The Balaban J connectivity index is 2.51. The number of nitrogens with zero attached hydrogens (tertiary/aromatic N) is 2. The molecule has 0 aliphatic heterocycles. The monoisotopic (exact) mass is 256 g/mol. The zero-order chi connectivity index (χ0) is 14.0. The number of benzene rings is 1. The van der Waals surface area contributed by atoms with E-state index < -0.39 is 0 Å². The Kier molecular flexibility index (Phi) is 3.84. The van der Waals surface area contributed by atoms with Gasteiger partial charge in [-0.1, -0.05) is 31.5 Å². The number of aromatic nitrogens is 2. The van der Waals surface area contributed by atoms with Crippen molar-refractivity contribution in [2.24, 2.45) is 5.92 Å². The van der Waals surface area contributed by atoms with Crippen LogP contribution in [0.4, 0.5) is 0 Å². The Labute approximate surface area is 114 Å². The summed E-state index contributed by atoms with van der Waals surface area (Å²) < 4.78 is 1.87. The van der Waals surface area contributed by atoms with Gasteiger partial charge in [-0.2, -0.15) is 5.10 Å². The maximum Gasteiger partial charge on any atom is 0.153 e. The summed E-state index contributed by atoms with van der Waals surface area (Å²) in [5.41, 5.74) is 4.81. The first kappa shape index (κ1) is 13.5. The van der Waals surface area contributed by atoms with Crippen molar-refractivity contribution in [1.82, 2.24) is 9.78 Å². The number of carbonyl (C=O) groups is 1. The smallest absolute Gasteiger partial charge is 0.153 e. The molecule has 0 saturated heterocycles. The van der Waals surface area contributed by atoms with Crippen LogP contribution in [-0.4, -0.2) is 16.1 Å². The highest BCUT2D eigenvalue weighted by atomic mass is 16.1. The molecule has 0 radical (unpaired) electrons. The number of rotatable bonds is 4. The fourth-order valence-corrected chi connectivity index (χ4v) is 2.19. The van der Waals surface area contributed by atoms with Gasteiger partial charge in [0.1, 0.15) is 5.69 Å². The van der Waals surface area contributed by atoms with Crippen molar-refractivity contribution in [3.05, 3.63) is 41.1 Å². The second-order valence-electron chi connectivity index (χ2n) is 5.49. The van der Waals surface area contributed by atoms with Gasteiger partial charge in [0.05, 0.1) is 5.56 Å². The van der Waals surface area contributed by atoms with Crippen molar-refractivity contribution >= 4 is 6.29 Å². The van der Waals surface area contributed by atoms with Crippen LogP contribution >= 0.6 is 0 Å². The quantitative estimate of drug-likeness (QED) is 0.783. The zero-order valence-corrected chi connectivity index (χ0v) is 12.0. The number of aryl methyl sites for hydroxylation is 2. The van der Waals surface area contributed by atoms with Gasteiger partial charge in [0.15, 0.2) is 6.29 Å². The van der Waals surface area contributed by atoms with Crippen LogP contribution in [0.5, 0.6) is 0 Å². The zero-order valence-electron chi connectivity index (χ0n) is 12.0. The van der Waals surface area contributed by atoms with Gasteiger partial charge in [0.2, 0.25) is 0 Å². The molecule has 19 heavy (non-hydrogen) atoms. The van der Waals surface area contributed by atoms with E-state index in [-0.39, 0.29) is 0 Å². The third kappa shape index (κ3) is 2.92. The summed E-state index contributed by atoms with van der Waals surface area (Å²) >= 11 is 0. The number of hydrogen-bond donors (Lipinski definition) is 0. The molecule has 2 aromatic rings. The first-order chi connectivity index (χ1) is 9.01. The van der Waals surface area contributed by atoms with E-state index in [0.717, 1.165) is 29.7 Å². The molecule has 0 spiro atoms. The lowest BCUT2D eigenvalue weighted by atomic mass is 10.0. The Morgan fingerprint density at radius 3 is 2.68 bits per heavy atom.